The molecule has 0 radical (unpaired) electrons. The molecule has 1 N–H and O–H groups in total. The predicted octanol–water partition coefficient (Wildman–Crippen LogP) is 3.89. The summed E-state index contributed by atoms with van der Waals surface area (Å²) in [5, 5.41) is 3.29. The minimum Gasteiger partial charge on any atom is -0.352 e. The largest absolute Gasteiger partial charge is 0.352 e. The molecule has 0 spiro atoms. The molecule has 0 aromatic heterocycles. The zero-order valence-electron chi connectivity index (χ0n) is 20.0. The van der Waals surface area contributed by atoms with Crippen LogP contribution in [-0.4, -0.2) is 50.0 Å². The van der Waals surface area contributed by atoms with Crippen LogP contribution in [0.2, 0.25) is 5.02 Å². The molecule has 0 fully saturated rings. The molecule has 0 aliphatic rings. The summed E-state index contributed by atoms with van der Waals surface area (Å²) < 4.78 is 39.6. The first-order chi connectivity index (χ1) is 15.8. The molecule has 2 atom stereocenters. The van der Waals surface area contributed by atoms with Crippen molar-refractivity contribution in [3.05, 3.63) is 64.4 Å². The van der Waals surface area contributed by atoms with Crippen molar-refractivity contribution in [2.45, 2.75) is 52.7 Å². The maximum Gasteiger partial charge on any atom is 0.244 e. The van der Waals surface area contributed by atoms with E-state index in [1.54, 1.807) is 26.0 Å². The van der Waals surface area contributed by atoms with Gasteiger partial charge in [0.15, 0.2) is 0 Å². The first-order valence-electron chi connectivity index (χ1n) is 10.9. The monoisotopic (exact) mass is 511 g/mol. The van der Waals surface area contributed by atoms with E-state index in [0.717, 1.165) is 10.6 Å². The number of hydrogen-bond acceptors (Lipinski definition) is 4. The number of hydrogen-bond donors (Lipinski definition) is 1. The van der Waals surface area contributed by atoms with Crippen LogP contribution in [0.25, 0.3) is 0 Å². The molecule has 186 valence electrons. The first kappa shape index (κ1) is 27.6. The van der Waals surface area contributed by atoms with Gasteiger partial charge in [-0.15, -0.1) is 0 Å². The highest BCUT2D eigenvalue weighted by Crippen LogP contribution is 2.26. The van der Waals surface area contributed by atoms with Crippen molar-refractivity contribution in [1.29, 1.82) is 0 Å². The molecular weight excluding hydrogens is 481 g/mol. The summed E-state index contributed by atoms with van der Waals surface area (Å²) in [6, 6.07) is 9.28. The molecule has 10 heteroatoms. The zero-order chi connectivity index (χ0) is 25.6. The summed E-state index contributed by atoms with van der Waals surface area (Å²) in [6.07, 6.45) is 1.72. The maximum absolute atomic E-state index is 13.5. The van der Waals surface area contributed by atoms with Gasteiger partial charge in [0.25, 0.3) is 0 Å². The van der Waals surface area contributed by atoms with Crippen molar-refractivity contribution in [2.24, 2.45) is 0 Å². The number of nitrogens with zero attached hydrogens (tertiary/aromatic N) is 2. The summed E-state index contributed by atoms with van der Waals surface area (Å²) in [4.78, 5) is 27.6. The van der Waals surface area contributed by atoms with Gasteiger partial charge in [-0.25, -0.2) is 12.8 Å². The highest BCUT2D eigenvalue weighted by Gasteiger charge is 2.31. The molecule has 2 rings (SSSR count). The molecule has 34 heavy (non-hydrogen) atoms. The molecule has 0 aliphatic heterocycles. The third kappa shape index (κ3) is 7.43. The van der Waals surface area contributed by atoms with Crippen LogP contribution in [0, 0.1) is 12.7 Å². The molecule has 2 amide bonds. The highest BCUT2D eigenvalue weighted by molar-refractivity contribution is 7.92. The lowest BCUT2D eigenvalue weighted by molar-refractivity contribution is -0.139. The molecule has 2 aromatic rings. The third-order valence-corrected chi connectivity index (χ3v) is 6.90. The van der Waals surface area contributed by atoms with Gasteiger partial charge in [-0.3, -0.25) is 13.9 Å². The average molecular weight is 512 g/mol. The molecule has 7 nitrogen and oxygen atoms in total. The van der Waals surface area contributed by atoms with Crippen LogP contribution in [0.5, 0.6) is 0 Å². The van der Waals surface area contributed by atoms with Crippen molar-refractivity contribution < 1.29 is 22.4 Å². The van der Waals surface area contributed by atoms with Gasteiger partial charge in [-0.2, -0.15) is 0 Å². The quantitative estimate of drug-likeness (QED) is 0.524. The summed E-state index contributed by atoms with van der Waals surface area (Å²) in [5.74, 6) is -1.36. The number of nitrogens with one attached hydrogen (secondary N) is 1. The lowest BCUT2D eigenvalue weighted by Crippen LogP contribution is -2.52. The number of aryl methyl sites for hydroxylation is 1. The van der Waals surface area contributed by atoms with E-state index in [-0.39, 0.29) is 18.5 Å². The van der Waals surface area contributed by atoms with Crippen molar-refractivity contribution in [3.63, 3.8) is 0 Å². The van der Waals surface area contributed by atoms with Crippen LogP contribution in [0.4, 0.5) is 10.1 Å². The second-order valence-corrected chi connectivity index (χ2v) is 10.7. The van der Waals surface area contributed by atoms with E-state index in [9.17, 15) is 22.4 Å². The summed E-state index contributed by atoms with van der Waals surface area (Å²) >= 11 is 6.01. The van der Waals surface area contributed by atoms with Crippen LogP contribution >= 0.6 is 11.6 Å². The van der Waals surface area contributed by atoms with Crippen molar-refractivity contribution in [2.75, 3.05) is 17.1 Å². The maximum atomic E-state index is 13.5. The number of amides is 2. The highest BCUT2D eigenvalue weighted by atomic mass is 35.5. The van der Waals surface area contributed by atoms with Crippen LogP contribution in [0.3, 0.4) is 0 Å². The number of carbonyl (C=O) groups is 2. The zero-order valence-corrected chi connectivity index (χ0v) is 21.6. The molecule has 0 saturated heterocycles. The molecule has 2 aromatic carbocycles. The SMILES string of the molecule is CC[C@H](C)NC(=O)[C@@H](C)N(Cc1ccc(F)cc1)C(=O)CN(c1ccc(Cl)cc1C)S(C)(=O)=O. The van der Waals surface area contributed by atoms with Crippen LogP contribution < -0.4 is 9.62 Å². The number of rotatable bonds is 10. The Hall–Kier alpha value is -2.65. The fraction of sp³-hybridized carbons (Fsp3) is 0.417. The Morgan fingerprint density at radius 3 is 2.26 bits per heavy atom. The minimum absolute atomic E-state index is 0.00536. The minimum atomic E-state index is -3.84. The van der Waals surface area contributed by atoms with Gasteiger partial charge < -0.3 is 10.2 Å². The molecule has 0 bridgehead atoms. The van der Waals surface area contributed by atoms with E-state index in [1.807, 2.05) is 13.8 Å². The van der Waals surface area contributed by atoms with E-state index in [0.29, 0.717) is 28.3 Å². The second kappa shape index (κ2) is 11.7. The van der Waals surface area contributed by atoms with E-state index in [2.05, 4.69) is 5.32 Å². The number of anilines is 1. The lowest BCUT2D eigenvalue weighted by atomic mass is 10.1. The van der Waals surface area contributed by atoms with Gasteiger partial charge >= 0.3 is 0 Å². The normalized spacial score (nSPS) is 13.1. The number of benzene rings is 2. The number of halogens is 2. The molecule has 0 unspecified atom stereocenters. The topological polar surface area (TPSA) is 86.8 Å². The van der Waals surface area contributed by atoms with Crippen LogP contribution in [-0.2, 0) is 26.2 Å². The standard InChI is InChI=1S/C24H31ClFN3O4S/c1-6-17(3)27-24(31)18(4)28(14-19-7-10-21(26)11-8-19)23(30)15-29(34(5,32)33)22-12-9-20(25)13-16(22)2/h7-13,17-18H,6,14-15H2,1-5H3,(H,27,31)/t17-,18+/m0/s1. The average Bonchev–Trinajstić information content (AvgIpc) is 2.76. The second-order valence-electron chi connectivity index (χ2n) is 8.34. The first-order valence-corrected chi connectivity index (χ1v) is 13.1. The van der Waals surface area contributed by atoms with Crippen LogP contribution in [0.15, 0.2) is 42.5 Å². The number of sulfonamides is 1. The molecular formula is C24H31ClFN3O4S. The van der Waals surface area contributed by atoms with E-state index >= 15 is 0 Å². The number of carbonyl (C=O) groups excluding carboxylic acids is 2. The van der Waals surface area contributed by atoms with Gasteiger partial charge in [-0.05, 0) is 68.7 Å². The Bertz CT molecular complexity index is 1130. The van der Waals surface area contributed by atoms with E-state index in [4.69, 9.17) is 11.6 Å². The Balaban J connectivity index is 2.41. The van der Waals surface area contributed by atoms with Gasteiger partial charge in [0.1, 0.15) is 18.4 Å². The molecule has 0 heterocycles. The Kier molecular flexibility index (Phi) is 9.46. The molecule has 0 saturated carbocycles. The third-order valence-electron chi connectivity index (χ3n) is 5.54. The summed E-state index contributed by atoms with van der Waals surface area (Å²) in [7, 11) is -3.84. The van der Waals surface area contributed by atoms with Crippen molar-refractivity contribution >= 4 is 39.1 Å². The summed E-state index contributed by atoms with van der Waals surface area (Å²) in [5.41, 5.74) is 1.50. The lowest BCUT2D eigenvalue weighted by Gasteiger charge is -2.32. The van der Waals surface area contributed by atoms with E-state index in [1.165, 1.54) is 35.2 Å². The van der Waals surface area contributed by atoms with Crippen molar-refractivity contribution in [1.82, 2.24) is 10.2 Å². The Labute approximate surface area is 205 Å². The fourth-order valence-electron chi connectivity index (χ4n) is 3.33. The van der Waals surface area contributed by atoms with Gasteiger partial charge in [0.05, 0.1) is 11.9 Å². The fourth-order valence-corrected chi connectivity index (χ4v) is 4.46. The molecule has 0 aliphatic carbocycles. The van der Waals surface area contributed by atoms with Crippen LogP contribution in [0.1, 0.15) is 38.3 Å². The summed E-state index contributed by atoms with van der Waals surface area (Å²) in [6.45, 7) is 6.55. The van der Waals surface area contributed by atoms with Gasteiger partial charge in [0, 0.05) is 17.6 Å². The van der Waals surface area contributed by atoms with Gasteiger partial charge in [0.2, 0.25) is 21.8 Å². The Morgan fingerprint density at radius 2 is 1.74 bits per heavy atom. The van der Waals surface area contributed by atoms with Crippen molar-refractivity contribution in [3.8, 4) is 0 Å². The van der Waals surface area contributed by atoms with Gasteiger partial charge in [-0.1, -0.05) is 30.7 Å². The Morgan fingerprint density at radius 1 is 1.12 bits per heavy atom. The van der Waals surface area contributed by atoms with E-state index < -0.39 is 34.3 Å². The predicted molar refractivity (Wildman–Crippen MR) is 133 cm³/mol. The smallest absolute Gasteiger partial charge is 0.244 e.